The number of nitrogens with two attached hydrogens (primary N) is 1. The summed E-state index contributed by atoms with van der Waals surface area (Å²) in [5.41, 5.74) is 5.71. The molecule has 2 atom stereocenters. The molecule has 88 valence electrons. The maximum Gasteiger partial charge on any atom is 0.0833 e. The molecule has 0 aliphatic heterocycles. The van der Waals surface area contributed by atoms with Crippen molar-refractivity contribution in [3.05, 3.63) is 0 Å². The van der Waals surface area contributed by atoms with E-state index in [1.54, 1.807) is 0 Å². The summed E-state index contributed by atoms with van der Waals surface area (Å²) in [5.74, 6) is 0.597. The van der Waals surface area contributed by atoms with Crippen molar-refractivity contribution in [3.8, 4) is 0 Å². The molecule has 2 heteroatoms. The van der Waals surface area contributed by atoms with Crippen LogP contribution in [-0.4, -0.2) is 16.2 Å². The van der Waals surface area contributed by atoms with Gasteiger partial charge in [0.1, 0.15) is 0 Å². The van der Waals surface area contributed by atoms with Gasteiger partial charge in [-0.15, -0.1) is 0 Å². The van der Waals surface area contributed by atoms with E-state index < -0.39 is 5.60 Å². The van der Waals surface area contributed by atoms with E-state index in [0.29, 0.717) is 5.92 Å². The van der Waals surface area contributed by atoms with Gasteiger partial charge < -0.3 is 10.8 Å². The van der Waals surface area contributed by atoms with Crippen LogP contribution in [0.2, 0.25) is 0 Å². The highest BCUT2D eigenvalue weighted by molar-refractivity contribution is 5.12. The third kappa shape index (κ3) is 1.83. The first-order chi connectivity index (χ1) is 6.77. The topological polar surface area (TPSA) is 46.2 Å². The predicted molar refractivity (Wildman–Crippen MR) is 62.5 cm³/mol. The van der Waals surface area contributed by atoms with Gasteiger partial charge in [-0.05, 0) is 49.9 Å². The fraction of sp³-hybridized carbons (Fsp3) is 1.00. The lowest BCUT2D eigenvalue weighted by Crippen LogP contribution is -2.67. The third-order valence-electron chi connectivity index (χ3n) is 4.53. The highest BCUT2D eigenvalue weighted by Gasteiger charge is 2.55. The Morgan fingerprint density at radius 3 is 2.20 bits per heavy atom. The molecular weight excluding hydrogens is 186 g/mol. The smallest absolute Gasteiger partial charge is 0.0833 e. The molecule has 2 unspecified atom stereocenters. The second kappa shape index (κ2) is 3.21. The normalized spacial score (nSPS) is 43.4. The van der Waals surface area contributed by atoms with Crippen LogP contribution >= 0.6 is 0 Å². The van der Waals surface area contributed by atoms with Gasteiger partial charge in [-0.3, -0.25) is 0 Å². The molecule has 2 rings (SSSR count). The molecule has 2 aliphatic rings. The van der Waals surface area contributed by atoms with Crippen LogP contribution in [0.4, 0.5) is 0 Å². The van der Waals surface area contributed by atoms with Gasteiger partial charge in [0.15, 0.2) is 0 Å². The zero-order valence-electron chi connectivity index (χ0n) is 10.3. The summed E-state index contributed by atoms with van der Waals surface area (Å²) < 4.78 is 0. The van der Waals surface area contributed by atoms with Gasteiger partial charge in [-0.2, -0.15) is 0 Å². The lowest BCUT2D eigenvalue weighted by Gasteiger charge is -2.57. The van der Waals surface area contributed by atoms with E-state index in [2.05, 4.69) is 20.8 Å². The second-order valence-electron chi connectivity index (χ2n) is 6.90. The van der Waals surface area contributed by atoms with Crippen LogP contribution in [-0.2, 0) is 0 Å². The number of aliphatic hydroxyl groups is 1. The first-order valence-electron chi connectivity index (χ1n) is 6.28. The maximum atomic E-state index is 10.8. The lowest BCUT2D eigenvalue weighted by atomic mass is 9.55. The van der Waals surface area contributed by atoms with E-state index in [-0.39, 0.29) is 11.0 Å². The van der Waals surface area contributed by atoms with Gasteiger partial charge in [-0.25, -0.2) is 0 Å². The van der Waals surface area contributed by atoms with Crippen LogP contribution in [0, 0.1) is 11.3 Å². The van der Waals surface area contributed by atoms with Gasteiger partial charge in [-0.1, -0.05) is 20.8 Å². The van der Waals surface area contributed by atoms with E-state index in [4.69, 9.17) is 5.73 Å². The van der Waals surface area contributed by atoms with Crippen LogP contribution in [0.5, 0.6) is 0 Å². The molecule has 0 spiro atoms. The van der Waals surface area contributed by atoms with Crippen LogP contribution in [0.3, 0.4) is 0 Å². The highest BCUT2D eigenvalue weighted by Crippen LogP contribution is 2.52. The van der Waals surface area contributed by atoms with Crippen molar-refractivity contribution in [3.63, 3.8) is 0 Å². The monoisotopic (exact) mass is 211 g/mol. The van der Waals surface area contributed by atoms with Crippen LogP contribution in [0.25, 0.3) is 0 Å². The molecule has 15 heavy (non-hydrogen) atoms. The molecule has 0 heterocycles. The van der Waals surface area contributed by atoms with E-state index in [1.807, 2.05) is 0 Å². The van der Waals surface area contributed by atoms with E-state index in [9.17, 15) is 5.11 Å². The molecular formula is C13H25NO. The van der Waals surface area contributed by atoms with Gasteiger partial charge >= 0.3 is 0 Å². The third-order valence-corrected chi connectivity index (χ3v) is 4.53. The fourth-order valence-corrected chi connectivity index (χ4v) is 3.93. The van der Waals surface area contributed by atoms with Crippen molar-refractivity contribution >= 4 is 0 Å². The summed E-state index contributed by atoms with van der Waals surface area (Å²) in [4.78, 5) is 0. The van der Waals surface area contributed by atoms with Gasteiger partial charge in [0.2, 0.25) is 0 Å². The van der Waals surface area contributed by atoms with Gasteiger partial charge in [0.25, 0.3) is 0 Å². The fourth-order valence-electron chi connectivity index (χ4n) is 3.93. The average Bonchev–Trinajstić information content (AvgIpc) is 1.94. The molecule has 0 aromatic rings. The SMILES string of the molecule is CC1CC(C)(C)CC(O)(C2(N)CCC2)C1. The molecule has 0 saturated heterocycles. The Morgan fingerprint density at radius 1 is 1.20 bits per heavy atom. The van der Waals surface area contributed by atoms with Gasteiger partial charge in [0.05, 0.1) is 5.60 Å². The van der Waals surface area contributed by atoms with E-state index in [0.717, 1.165) is 25.7 Å². The first kappa shape index (κ1) is 11.4. The Bertz CT molecular complexity index is 257. The summed E-state index contributed by atoms with van der Waals surface area (Å²) in [6.45, 7) is 6.76. The number of hydrogen-bond donors (Lipinski definition) is 2. The van der Waals surface area contributed by atoms with E-state index >= 15 is 0 Å². The average molecular weight is 211 g/mol. The molecule has 0 bridgehead atoms. The minimum absolute atomic E-state index is 0.244. The molecule has 3 N–H and O–H groups in total. The highest BCUT2D eigenvalue weighted by atomic mass is 16.3. The van der Waals surface area contributed by atoms with Crippen molar-refractivity contribution in [1.82, 2.24) is 0 Å². The van der Waals surface area contributed by atoms with Crippen molar-refractivity contribution in [2.45, 2.75) is 70.4 Å². The molecule has 0 radical (unpaired) electrons. The van der Waals surface area contributed by atoms with Crippen LogP contribution in [0.1, 0.15) is 59.3 Å². The lowest BCUT2D eigenvalue weighted by molar-refractivity contribution is -0.133. The predicted octanol–water partition coefficient (Wildman–Crippen LogP) is 2.45. The molecule has 2 saturated carbocycles. The maximum absolute atomic E-state index is 10.8. The Balaban J connectivity index is 2.20. The quantitative estimate of drug-likeness (QED) is 0.700. The summed E-state index contributed by atoms with van der Waals surface area (Å²) in [6, 6.07) is 0. The molecule has 0 amide bonds. The zero-order valence-corrected chi connectivity index (χ0v) is 10.3. The first-order valence-corrected chi connectivity index (χ1v) is 6.28. The van der Waals surface area contributed by atoms with Crippen molar-refractivity contribution in [2.24, 2.45) is 17.1 Å². The summed E-state index contributed by atoms with van der Waals surface area (Å²) in [5, 5.41) is 10.8. The van der Waals surface area contributed by atoms with Crippen LogP contribution in [0.15, 0.2) is 0 Å². The van der Waals surface area contributed by atoms with Crippen molar-refractivity contribution < 1.29 is 5.11 Å². The van der Waals surface area contributed by atoms with Crippen LogP contribution < -0.4 is 5.73 Å². The summed E-state index contributed by atoms with van der Waals surface area (Å²) in [7, 11) is 0. The minimum atomic E-state index is -0.605. The van der Waals surface area contributed by atoms with Gasteiger partial charge in [0, 0.05) is 5.54 Å². The van der Waals surface area contributed by atoms with Crippen molar-refractivity contribution in [2.75, 3.05) is 0 Å². The van der Waals surface area contributed by atoms with E-state index in [1.165, 1.54) is 12.8 Å². The molecule has 2 nitrogen and oxygen atoms in total. The Kier molecular flexibility index (Phi) is 2.44. The number of rotatable bonds is 1. The minimum Gasteiger partial charge on any atom is -0.388 e. The zero-order chi connectivity index (χ0) is 11.3. The Morgan fingerprint density at radius 2 is 1.80 bits per heavy atom. The standard InChI is InChI=1S/C13H25NO/c1-10-7-11(2,3)9-13(15,8-10)12(14)5-4-6-12/h10,15H,4-9,14H2,1-3H3. The largest absolute Gasteiger partial charge is 0.388 e. The molecule has 2 aliphatic carbocycles. The summed E-state index contributed by atoms with van der Waals surface area (Å²) in [6.07, 6.45) is 6.19. The second-order valence-corrected chi connectivity index (χ2v) is 6.90. The van der Waals surface area contributed by atoms with Crippen molar-refractivity contribution in [1.29, 1.82) is 0 Å². The Labute approximate surface area is 93.2 Å². The number of hydrogen-bond acceptors (Lipinski definition) is 2. The molecule has 2 fully saturated rings. The molecule has 0 aromatic carbocycles. The molecule has 0 aromatic heterocycles. The summed E-state index contributed by atoms with van der Waals surface area (Å²) >= 11 is 0. The Hall–Kier alpha value is -0.0800.